The van der Waals surface area contributed by atoms with Crippen molar-refractivity contribution in [3.05, 3.63) is 48.0 Å². The molecule has 2 aromatic carbocycles. The third-order valence-corrected chi connectivity index (χ3v) is 4.69. The van der Waals surface area contributed by atoms with Gasteiger partial charge in [-0.15, -0.1) is 0 Å². The van der Waals surface area contributed by atoms with E-state index in [0.717, 1.165) is 27.9 Å². The minimum atomic E-state index is 0.0819. The maximum absolute atomic E-state index is 10.8. The highest BCUT2D eigenvalue weighted by Gasteiger charge is 2.19. The number of amides is 1. The van der Waals surface area contributed by atoms with Gasteiger partial charge in [0.2, 0.25) is 6.41 Å². The second-order valence-corrected chi connectivity index (χ2v) is 7.25. The molecule has 0 atom stereocenters. The summed E-state index contributed by atoms with van der Waals surface area (Å²) in [4.78, 5) is 10.8. The number of rotatable bonds is 9. The Balaban J connectivity index is 0.000000534. The van der Waals surface area contributed by atoms with Gasteiger partial charge in [-0.1, -0.05) is 12.1 Å². The fraction of sp³-hybridized carbons (Fsp3) is 0.360. The highest BCUT2D eigenvalue weighted by atomic mass is 16.5. The van der Waals surface area contributed by atoms with E-state index in [2.05, 4.69) is 25.4 Å². The molecule has 1 amide bonds. The van der Waals surface area contributed by atoms with Gasteiger partial charge in [-0.05, 0) is 45.0 Å². The molecule has 7 heteroatoms. The van der Waals surface area contributed by atoms with Crippen LogP contribution in [0.25, 0.3) is 22.2 Å². The van der Waals surface area contributed by atoms with Crippen LogP contribution in [0.3, 0.4) is 0 Å². The quantitative estimate of drug-likeness (QED) is 0.383. The molecule has 1 heterocycles. The van der Waals surface area contributed by atoms with Crippen LogP contribution < -0.4 is 10.1 Å². The number of carbonyl (C=O) groups is 1. The average Bonchev–Trinajstić information content (AvgIpc) is 3.11. The largest absolute Gasteiger partial charge is 0.491 e. The van der Waals surface area contributed by atoms with Crippen molar-refractivity contribution in [2.75, 3.05) is 32.8 Å². The smallest absolute Gasteiger partial charge is 0.211 e. The second kappa shape index (κ2) is 12.5. The second-order valence-electron chi connectivity index (χ2n) is 7.25. The number of nitrogens with one attached hydrogen (secondary N) is 1. The zero-order valence-electron chi connectivity index (χ0n) is 19.3. The normalized spacial score (nSPS) is 10.4. The minimum absolute atomic E-state index is 0.0819. The van der Waals surface area contributed by atoms with Gasteiger partial charge in [0.05, 0.1) is 36.1 Å². The van der Waals surface area contributed by atoms with Gasteiger partial charge in [-0.3, -0.25) is 4.79 Å². The number of benzene rings is 2. The number of hydrogen-bond donors (Lipinski definition) is 1. The van der Waals surface area contributed by atoms with Crippen molar-refractivity contribution in [3.63, 3.8) is 0 Å². The molecule has 0 saturated heterocycles. The number of fused-ring (bicyclic) bond motifs is 1. The minimum Gasteiger partial charge on any atom is -0.491 e. The number of methoxy groups -OCH3 is 2. The molecule has 1 aromatic heterocycles. The molecule has 0 saturated carbocycles. The maximum atomic E-state index is 10.8. The first kappa shape index (κ1) is 24.9. The van der Waals surface area contributed by atoms with Crippen LogP contribution in [0.5, 0.6) is 5.75 Å². The number of anilines is 1. The van der Waals surface area contributed by atoms with Gasteiger partial charge in [-0.25, -0.2) is 0 Å². The van der Waals surface area contributed by atoms with Crippen molar-refractivity contribution in [2.24, 2.45) is 0 Å². The van der Waals surface area contributed by atoms with Gasteiger partial charge in [0, 0.05) is 43.5 Å². The Hall–Kier alpha value is -3.34. The summed E-state index contributed by atoms with van der Waals surface area (Å²) in [6.07, 6.45) is 0.730. The topological polar surface area (TPSA) is 85.5 Å². The van der Waals surface area contributed by atoms with Crippen LogP contribution >= 0.6 is 0 Å². The van der Waals surface area contributed by atoms with Crippen molar-refractivity contribution in [1.29, 1.82) is 5.26 Å². The lowest BCUT2D eigenvalue weighted by molar-refractivity contribution is -0.105. The summed E-state index contributed by atoms with van der Waals surface area (Å²) in [5.74, 6) is 0.784. The van der Waals surface area contributed by atoms with E-state index in [4.69, 9.17) is 4.74 Å². The molecule has 0 radical (unpaired) electrons. The van der Waals surface area contributed by atoms with E-state index in [1.54, 1.807) is 14.2 Å². The number of nitriles is 1. The van der Waals surface area contributed by atoms with Crippen molar-refractivity contribution in [1.82, 2.24) is 4.57 Å². The van der Waals surface area contributed by atoms with Crippen LogP contribution in [0, 0.1) is 11.3 Å². The lowest BCUT2D eigenvalue weighted by Gasteiger charge is -2.12. The van der Waals surface area contributed by atoms with E-state index in [1.165, 1.54) is 0 Å². The van der Waals surface area contributed by atoms with E-state index >= 15 is 0 Å². The zero-order valence-corrected chi connectivity index (χ0v) is 19.3. The highest BCUT2D eigenvalue weighted by molar-refractivity contribution is 5.95. The van der Waals surface area contributed by atoms with E-state index in [-0.39, 0.29) is 6.10 Å². The number of ether oxygens (including phenoxy) is 3. The van der Waals surface area contributed by atoms with Crippen LogP contribution in [0.15, 0.2) is 42.5 Å². The summed E-state index contributed by atoms with van der Waals surface area (Å²) >= 11 is 0. The highest BCUT2D eigenvalue weighted by Crippen LogP contribution is 2.36. The third-order valence-electron chi connectivity index (χ3n) is 4.69. The molecule has 3 rings (SSSR count). The first-order valence-electron chi connectivity index (χ1n) is 10.5. The molecule has 0 unspecified atom stereocenters. The molecule has 1 N–H and O–H groups in total. The molecular formula is C25H31N3O4. The summed E-state index contributed by atoms with van der Waals surface area (Å²) in [6.45, 7) is 8.12. The van der Waals surface area contributed by atoms with Crippen LogP contribution in [0.4, 0.5) is 5.69 Å². The molecule has 0 fully saturated rings. The summed E-state index contributed by atoms with van der Waals surface area (Å²) < 4.78 is 17.2. The number of aryl methyl sites for hydroxylation is 1. The van der Waals surface area contributed by atoms with Gasteiger partial charge in [0.25, 0.3) is 0 Å². The fourth-order valence-electron chi connectivity index (χ4n) is 3.41. The van der Waals surface area contributed by atoms with Crippen LogP contribution in [0.1, 0.15) is 26.3 Å². The van der Waals surface area contributed by atoms with Gasteiger partial charge < -0.3 is 24.1 Å². The molecular weight excluding hydrogens is 406 g/mol. The van der Waals surface area contributed by atoms with E-state index in [1.807, 2.05) is 63.2 Å². The maximum Gasteiger partial charge on any atom is 0.211 e. The fourth-order valence-corrected chi connectivity index (χ4v) is 3.41. The van der Waals surface area contributed by atoms with E-state index < -0.39 is 0 Å². The average molecular weight is 438 g/mol. The van der Waals surface area contributed by atoms with Crippen LogP contribution in [-0.2, 0) is 20.8 Å². The summed E-state index contributed by atoms with van der Waals surface area (Å²) in [6, 6.07) is 15.7. The SMILES string of the molecule is CCn1c(-c2cccc(NC=O)c2)c(C#N)c2ccc(OC(C)C)cc21.COCCOC. The Kier molecular flexibility index (Phi) is 9.74. The molecule has 0 bridgehead atoms. The monoisotopic (exact) mass is 437 g/mol. The summed E-state index contributed by atoms with van der Waals surface area (Å²) in [5, 5.41) is 13.4. The van der Waals surface area contributed by atoms with Crippen molar-refractivity contribution in [3.8, 4) is 23.1 Å². The van der Waals surface area contributed by atoms with E-state index in [0.29, 0.717) is 37.4 Å². The zero-order chi connectivity index (χ0) is 23.5. The number of nitrogens with zero attached hydrogens (tertiary/aromatic N) is 2. The van der Waals surface area contributed by atoms with Gasteiger partial charge in [0.15, 0.2) is 0 Å². The Bertz CT molecular complexity index is 1060. The first-order chi connectivity index (χ1) is 15.5. The number of aromatic nitrogens is 1. The Morgan fingerprint density at radius 2 is 1.84 bits per heavy atom. The molecule has 32 heavy (non-hydrogen) atoms. The summed E-state index contributed by atoms with van der Waals surface area (Å²) in [5.41, 5.74) is 4.02. The molecule has 170 valence electrons. The Morgan fingerprint density at radius 3 is 2.41 bits per heavy atom. The number of carbonyl (C=O) groups excluding carboxylic acids is 1. The lowest BCUT2D eigenvalue weighted by Crippen LogP contribution is -2.05. The predicted molar refractivity (Wildman–Crippen MR) is 127 cm³/mol. The van der Waals surface area contributed by atoms with Gasteiger partial charge in [0.1, 0.15) is 11.8 Å². The molecule has 0 aliphatic rings. The lowest BCUT2D eigenvalue weighted by atomic mass is 10.1. The third kappa shape index (κ3) is 6.10. The molecule has 0 spiro atoms. The van der Waals surface area contributed by atoms with Crippen molar-refractivity contribution >= 4 is 23.0 Å². The standard InChI is InChI=1S/C21H21N3O2.C4H10O2/c1-4-24-20-11-17(26-14(2)3)8-9-18(20)19(12-22)21(24)15-6-5-7-16(10-15)23-13-25;1-5-3-4-6-2/h5-11,13-14H,4H2,1-3H3,(H,23,25);3-4H2,1-2H3. The first-order valence-corrected chi connectivity index (χ1v) is 10.5. The van der Waals surface area contributed by atoms with Crippen LogP contribution in [-0.4, -0.2) is 44.5 Å². The Morgan fingerprint density at radius 1 is 1.12 bits per heavy atom. The Labute approximate surface area is 189 Å². The summed E-state index contributed by atoms with van der Waals surface area (Å²) in [7, 11) is 3.30. The predicted octanol–water partition coefficient (Wildman–Crippen LogP) is 4.83. The van der Waals surface area contributed by atoms with Crippen molar-refractivity contribution < 1.29 is 19.0 Å². The molecule has 0 aliphatic heterocycles. The van der Waals surface area contributed by atoms with E-state index in [9.17, 15) is 10.1 Å². The molecule has 3 aromatic rings. The van der Waals surface area contributed by atoms with Crippen LogP contribution in [0.2, 0.25) is 0 Å². The number of hydrogen-bond acceptors (Lipinski definition) is 5. The van der Waals surface area contributed by atoms with Crippen molar-refractivity contribution in [2.45, 2.75) is 33.4 Å². The van der Waals surface area contributed by atoms with Gasteiger partial charge in [-0.2, -0.15) is 5.26 Å². The molecule has 7 nitrogen and oxygen atoms in total. The van der Waals surface area contributed by atoms with Gasteiger partial charge >= 0.3 is 0 Å². The molecule has 0 aliphatic carbocycles.